The first-order valence-corrected chi connectivity index (χ1v) is 12.2. The predicted molar refractivity (Wildman–Crippen MR) is 119 cm³/mol. The molecule has 4 nitrogen and oxygen atoms in total. The Bertz CT molecular complexity index is 336. The maximum atomic E-state index is 11.7. The van der Waals surface area contributed by atoms with E-state index in [0.29, 0.717) is 12.8 Å². The Morgan fingerprint density at radius 3 is 1.61 bits per heavy atom. The maximum Gasteiger partial charge on any atom is 0.219 e. The summed E-state index contributed by atoms with van der Waals surface area (Å²) in [6.45, 7) is 5.23. The van der Waals surface area contributed by atoms with Crippen molar-refractivity contribution in [1.82, 2.24) is 5.32 Å². The monoisotopic (exact) mass is 399 g/mol. The quantitative estimate of drug-likeness (QED) is 0.211. The average Bonchev–Trinajstić information content (AvgIpc) is 2.69. The molecular weight excluding hydrogens is 350 g/mol. The number of aliphatic hydroxyl groups is 2. The molecule has 0 bridgehead atoms. The molecular formula is C24H49NO3. The van der Waals surface area contributed by atoms with Crippen LogP contribution in [0.15, 0.2) is 0 Å². The lowest BCUT2D eigenvalue weighted by atomic mass is 9.99. The van der Waals surface area contributed by atoms with E-state index in [1.165, 1.54) is 44.9 Å². The summed E-state index contributed by atoms with van der Waals surface area (Å²) in [4.78, 5) is 11.7. The Hall–Kier alpha value is -0.610. The van der Waals surface area contributed by atoms with Crippen LogP contribution in [0.3, 0.4) is 0 Å². The minimum atomic E-state index is -0.575. The largest absolute Gasteiger partial charge is 0.390 e. The number of carbonyl (C=O) groups is 1. The molecule has 0 aliphatic rings. The summed E-state index contributed by atoms with van der Waals surface area (Å²) in [5, 5.41) is 23.1. The summed E-state index contributed by atoms with van der Waals surface area (Å²) in [5.41, 5.74) is 0. The van der Waals surface area contributed by atoms with Crippen molar-refractivity contribution in [3.8, 4) is 0 Å². The fourth-order valence-corrected chi connectivity index (χ4v) is 3.56. The van der Waals surface area contributed by atoms with Crippen LogP contribution >= 0.6 is 0 Å². The van der Waals surface area contributed by atoms with Crippen LogP contribution in [0.1, 0.15) is 129 Å². The summed E-state index contributed by atoms with van der Waals surface area (Å²) >= 11 is 0. The van der Waals surface area contributed by atoms with Gasteiger partial charge in [0.2, 0.25) is 5.91 Å². The first-order chi connectivity index (χ1) is 13.6. The van der Waals surface area contributed by atoms with E-state index in [4.69, 9.17) is 0 Å². The molecule has 2 unspecified atom stereocenters. The van der Waals surface area contributed by atoms with Gasteiger partial charge in [0, 0.05) is 13.0 Å². The van der Waals surface area contributed by atoms with Gasteiger partial charge in [0.25, 0.3) is 0 Å². The molecule has 168 valence electrons. The van der Waals surface area contributed by atoms with Crippen molar-refractivity contribution in [2.24, 2.45) is 0 Å². The fourth-order valence-electron chi connectivity index (χ4n) is 3.56. The highest BCUT2D eigenvalue weighted by molar-refractivity contribution is 5.75. The van der Waals surface area contributed by atoms with Gasteiger partial charge in [-0.15, -0.1) is 0 Å². The molecule has 2 atom stereocenters. The molecule has 0 heterocycles. The first-order valence-electron chi connectivity index (χ1n) is 12.2. The van der Waals surface area contributed by atoms with E-state index in [2.05, 4.69) is 19.2 Å². The van der Waals surface area contributed by atoms with Gasteiger partial charge in [-0.05, 0) is 25.7 Å². The van der Waals surface area contributed by atoms with Crippen molar-refractivity contribution in [2.75, 3.05) is 6.54 Å². The number of rotatable bonds is 21. The number of hydrogen-bond acceptors (Lipinski definition) is 3. The normalized spacial score (nSPS) is 13.4. The number of nitrogens with one attached hydrogen (secondary N) is 1. The maximum absolute atomic E-state index is 11.7. The molecule has 3 N–H and O–H groups in total. The molecule has 0 aliphatic heterocycles. The van der Waals surface area contributed by atoms with Crippen molar-refractivity contribution in [3.63, 3.8) is 0 Å². The van der Waals surface area contributed by atoms with Crippen molar-refractivity contribution < 1.29 is 15.0 Å². The van der Waals surface area contributed by atoms with Gasteiger partial charge >= 0.3 is 0 Å². The third kappa shape index (κ3) is 18.7. The van der Waals surface area contributed by atoms with Gasteiger partial charge in [-0.1, -0.05) is 97.3 Å². The topological polar surface area (TPSA) is 69.6 Å². The van der Waals surface area contributed by atoms with Crippen molar-refractivity contribution in [3.05, 3.63) is 0 Å². The molecule has 0 fully saturated rings. The zero-order valence-corrected chi connectivity index (χ0v) is 18.9. The van der Waals surface area contributed by atoms with E-state index in [9.17, 15) is 15.0 Å². The minimum Gasteiger partial charge on any atom is -0.390 e. The van der Waals surface area contributed by atoms with E-state index in [-0.39, 0.29) is 5.91 Å². The Morgan fingerprint density at radius 1 is 0.643 bits per heavy atom. The summed E-state index contributed by atoms with van der Waals surface area (Å²) in [6.07, 6.45) is 18.1. The summed E-state index contributed by atoms with van der Waals surface area (Å²) in [7, 11) is 0. The third-order valence-corrected chi connectivity index (χ3v) is 5.55. The van der Waals surface area contributed by atoms with Gasteiger partial charge in [-0.3, -0.25) is 4.79 Å². The molecule has 4 heteroatoms. The standard InChI is InChI=1S/C24H49NO3/c1-3-5-7-9-11-14-18-22(26)23(27)19-15-12-10-13-16-20-24(28)25-21-17-8-6-4-2/h22-23,26-27H,3-21H2,1-2H3,(H,25,28). The lowest BCUT2D eigenvalue weighted by Gasteiger charge is -2.17. The van der Waals surface area contributed by atoms with Gasteiger partial charge in [-0.25, -0.2) is 0 Å². The van der Waals surface area contributed by atoms with Crippen LogP contribution in [0.5, 0.6) is 0 Å². The Kier molecular flexibility index (Phi) is 20.6. The van der Waals surface area contributed by atoms with Crippen LogP contribution < -0.4 is 5.32 Å². The second kappa shape index (κ2) is 21.1. The second-order valence-corrected chi connectivity index (χ2v) is 8.41. The average molecular weight is 400 g/mol. The number of aliphatic hydroxyl groups excluding tert-OH is 2. The lowest BCUT2D eigenvalue weighted by Crippen LogP contribution is -2.25. The van der Waals surface area contributed by atoms with Crippen LogP contribution in [-0.4, -0.2) is 34.9 Å². The highest BCUT2D eigenvalue weighted by Gasteiger charge is 2.15. The fraction of sp³-hybridized carbons (Fsp3) is 0.958. The molecule has 0 aromatic heterocycles. The van der Waals surface area contributed by atoms with Crippen LogP contribution in [0, 0.1) is 0 Å². The van der Waals surface area contributed by atoms with Crippen molar-refractivity contribution >= 4 is 5.91 Å². The highest BCUT2D eigenvalue weighted by Crippen LogP contribution is 2.15. The Labute approximate surface area is 174 Å². The smallest absolute Gasteiger partial charge is 0.219 e. The van der Waals surface area contributed by atoms with Crippen LogP contribution in [-0.2, 0) is 4.79 Å². The lowest BCUT2D eigenvalue weighted by molar-refractivity contribution is -0.121. The molecule has 0 radical (unpaired) electrons. The van der Waals surface area contributed by atoms with Gasteiger partial charge in [0.1, 0.15) is 0 Å². The Balaban J connectivity index is 3.40. The second-order valence-electron chi connectivity index (χ2n) is 8.41. The van der Waals surface area contributed by atoms with Gasteiger partial charge in [0.15, 0.2) is 0 Å². The SMILES string of the molecule is CCCCCCCCC(O)C(O)CCCCCCCC(=O)NCCCCCC. The van der Waals surface area contributed by atoms with E-state index < -0.39 is 12.2 Å². The third-order valence-electron chi connectivity index (χ3n) is 5.55. The van der Waals surface area contributed by atoms with Gasteiger partial charge in [-0.2, -0.15) is 0 Å². The van der Waals surface area contributed by atoms with Crippen LogP contribution in [0.4, 0.5) is 0 Å². The summed E-state index contributed by atoms with van der Waals surface area (Å²) < 4.78 is 0. The van der Waals surface area contributed by atoms with Crippen LogP contribution in [0.25, 0.3) is 0 Å². The van der Waals surface area contributed by atoms with Gasteiger partial charge < -0.3 is 15.5 Å². The zero-order chi connectivity index (χ0) is 20.9. The number of amides is 1. The zero-order valence-electron chi connectivity index (χ0n) is 18.9. The molecule has 0 saturated heterocycles. The van der Waals surface area contributed by atoms with Crippen molar-refractivity contribution in [2.45, 2.75) is 142 Å². The highest BCUT2D eigenvalue weighted by atomic mass is 16.3. The van der Waals surface area contributed by atoms with E-state index in [1.807, 2.05) is 0 Å². The molecule has 0 aromatic carbocycles. The predicted octanol–water partition coefficient (Wildman–Crippen LogP) is 5.89. The van der Waals surface area contributed by atoms with E-state index >= 15 is 0 Å². The van der Waals surface area contributed by atoms with Gasteiger partial charge in [0.05, 0.1) is 12.2 Å². The summed E-state index contributed by atoms with van der Waals surface area (Å²) in [6, 6.07) is 0. The number of carbonyl (C=O) groups excluding carboxylic acids is 1. The van der Waals surface area contributed by atoms with Crippen LogP contribution in [0.2, 0.25) is 0 Å². The Morgan fingerprint density at radius 2 is 1.07 bits per heavy atom. The first kappa shape index (κ1) is 27.4. The molecule has 1 amide bonds. The molecule has 0 spiro atoms. The molecule has 0 aliphatic carbocycles. The minimum absolute atomic E-state index is 0.185. The van der Waals surface area contributed by atoms with E-state index in [0.717, 1.165) is 64.3 Å². The number of unbranched alkanes of at least 4 members (excludes halogenated alkanes) is 12. The van der Waals surface area contributed by atoms with E-state index in [1.54, 1.807) is 0 Å². The summed E-state index contributed by atoms with van der Waals surface area (Å²) in [5.74, 6) is 0.185. The van der Waals surface area contributed by atoms with Crippen molar-refractivity contribution in [1.29, 1.82) is 0 Å². The molecule has 28 heavy (non-hydrogen) atoms. The molecule has 0 rings (SSSR count). The number of hydrogen-bond donors (Lipinski definition) is 3. The molecule has 0 saturated carbocycles. The molecule has 0 aromatic rings.